The van der Waals surface area contributed by atoms with Crippen LogP contribution in [0.1, 0.15) is 63.8 Å². The Labute approximate surface area is 248 Å². The molecule has 0 nitrogen and oxygen atoms in total. The minimum Gasteiger partial charge on any atom is -0.147 e. The van der Waals surface area contributed by atoms with Crippen molar-refractivity contribution in [2.24, 2.45) is 0 Å². The zero-order valence-corrected chi connectivity index (χ0v) is 26.1. The molecule has 1 aliphatic carbocycles. The van der Waals surface area contributed by atoms with Crippen molar-refractivity contribution in [3.8, 4) is 33.4 Å². The second kappa shape index (κ2) is 11.4. The van der Waals surface area contributed by atoms with E-state index in [4.69, 9.17) is 0 Å². The normalized spacial score (nSPS) is 11.9. The zero-order chi connectivity index (χ0) is 23.4. The van der Waals surface area contributed by atoms with Gasteiger partial charge in [0.05, 0.1) is 0 Å². The minimum absolute atomic E-state index is 0. The van der Waals surface area contributed by atoms with Crippen LogP contribution in [0, 0.1) is 6.07 Å². The minimum atomic E-state index is 0. The molecule has 0 N–H and O–H groups in total. The summed E-state index contributed by atoms with van der Waals surface area (Å²) in [7, 11) is 0. The van der Waals surface area contributed by atoms with Gasteiger partial charge in [0.2, 0.25) is 0 Å². The molecule has 1 aliphatic rings. The molecule has 186 valence electrons. The van der Waals surface area contributed by atoms with Gasteiger partial charge in [0.1, 0.15) is 0 Å². The molecule has 0 bridgehead atoms. The molecule has 0 heterocycles. The van der Waals surface area contributed by atoms with Gasteiger partial charge in [0.15, 0.2) is 0 Å². The summed E-state index contributed by atoms with van der Waals surface area (Å²) < 4.78 is 0. The van der Waals surface area contributed by atoms with E-state index in [9.17, 15) is 0 Å². The quantitative estimate of drug-likeness (QED) is 0.179. The van der Waals surface area contributed by atoms with Crippen LogP contribution in [-0.4, -0.2) is 0 Å². The first-order valence-electron chi connectivity index (χ1n) is 12.0. The summed E-state index contributed by atoms with van der Waals surface area (Å²) in [6, 6.07) is 32.8. The average molecular weight is 594 g/mol. The third kappa shape index (κ3) is 5.75. The van der Waals surface area contributed by atoms with E-state index in [1.54, 1.807) is 0 Å². The van der Waals surface area contributed by atoms with Gasteiger partial charge in [-0.2, -0.15) is 0 Å². The van der Waals surface area contributed by atoms with E-state index in [1.807, 2.05) is 0 Å². The van der Waals surface area contributed by atoms with Crippen molar-refractivity contribution in [1.29, 1.82) is 0 Å². The van der Waals surface area contributed by atoms with Crippen LogP contribution in [0.25, 0.3) is 33.4 Å². The van der Waals surface area contributed by atoms with Crippen LogP contribution >= 0.6 is 24.8 Å². The van der Waals surface area contributed by atoms with Crippen LogP contribution in [0.5, 0.6) is 0 Å². The van der Waals surface area contributed by atoms with Crippen molar-refractivity contribution in [3.05, 3.63) is 107 Å². The smallest absolute Gasteiger partial charge is 0 e. The van der Waals surface area contributed by atoms with Crippen molar-refractivity contribution < 1.29 is 26.2 Å². The molecule has 0 unspecified atom stereocenters. The Morgan fingerprint density at radius 1 is 0.583 bits per heavy atom. The molecule has 3 heteroatoms. The Bertz CT molecular complexity index is 1220. The van der Waals surface area contributed by atoms with E-state index in [1.165, 1.54) is 55.6 Å². The second-order valence-electron chi connectivity index (χ2n) is 11.4. The van der Waals surface area contributed by atoms with Gasteiger partial charge in [-0.25, -0.2) is 0 Å². The first-order valence-corrected chi connectivity index (χ1v) is 12.0. The van der Waals surface area contributed by atoms with Crippen molar-refractivity contribution in [2.75, 3.05) is 0 Å². The number of rotatable bonds is 2. The van der Waals surface area contributed by atoms with Crippen LogP contribution in [0.4, 0.5) is 0 Å². The summed E-state index contributed by atoms with van der Waals surface area (Å²) in [5.41, 5.74) is 13.5. The summed E-state index contributed by atoms with van der Waals surface area (Å²) in [4.78, 5) is 0. The molecule has 0 aliphatic heterocycles. The van der Waals surface area contributed by atoms with Crippen LogP contribution in [0.2, 0.25) is 0 Å². The summed E-state index contributed by atoms with van der Waals surface area (Å²) >= 11 is 0. The predicted molar refractivity (Wildman–Crippen MR) is 156 cm³/mol. The maximum absolute atomic E-state index is 3.88. The molecular weight excluding hydrogens is 558 g/mol. The molecule has 0 amide bonds. The fourth-order valence-corrected chi connectivity index (χ4v) is 5.10. The van der Waals surface area contributed by atoms with Gasteiger partial charge in [-0.1, -0.05) is 131 Å². The van der Waals surface area contributed by atoms with Gasteiger partial charge in [-0.15, -0.1) is 53.6 Å². The fraction of sp³-hybridized carbons (Fsp3) is 0.273. The van der Waals surface area contributed by atoms with Crippen LogP contribution in [-0.2, 0) is 43.5 Å². The van der Waals surface area contributed by atoms with E-state index in [0.717, 1.165) is 6.42 Å². The van der Waals surface area contributed by atoms with E-state index in [0.29, 0.717) is 0 Å². The van der Waals surface area contributed by atoms with Gasteiger partial charge in [-0.3, -0.25) is 0 Å². The molecule has 0 saturated carbocycles. The number of hydrogen-bond donors (Lipinski definition) is 0. The summed E-state index contributed by atoms with van der Waals surface area (Å²) in [6.45, 7) is 13.9. The van der Waals surface area contributed by atoms with Gasteiger partial charge < -0.3 is 0 Å². The molecule has 5 rings (SSSR count). The average Bonchev–Trinajstić information content (AvgIpc) is 3.14. The Morgan fingerprint density at radius 3 is 1.61 bits per heavy atom. The second-order valence-corrected chi connectivity index (χ2v) is 11.4. The molecule has 0 radical (unpaired) electrons. The number of hydrogen-bond acceptors (Lipinski definition) is 0. The third-order valence-corrected chi connectivity index (χ3v) is 6.82. The van der Waals surface area contributed by atoms with Gasteiger partial charge >= 0.3 is 0 Å². The van der Waals surface area contributed by atoms with E-state index in [2.05, 4.69) is 126 Å². The SMILES string of the molecule is CC(C)(C)c1cc2c([c-]c1-c1ccccc1)Cc1cc(-c3ccccc3)c(C(C)(C)C)cc1-2.Cl.Cl.[Zr]. The molecule has 4 aromatic carbocycles. The first-order chi connectivity index (χ1) is 15.6. The molecular formula is C33H35Cl2Zr-. The molecule has 0 saturated heterocycles. The molecule has 0 atom stereocenters. The van der Waals surface area contributed by atoms with Gasteiger partial charge in [-0.05, 0) is 39.5 Å². The maximum Gasteiger partial charge on any atom is 0 e. The standard InChI is InChI=1S/C33H33.2ClH.Zr/c1-32(2,3)30-20-26-24(18-28(30)22-13-9-7-10-14-22)17-25-19-29(23-15-11-8-12-16-23)31(21-27(25)26)33(4,5)6;;;/h7-16,18,20-21H,17H2,1-6H3;2*1H;/q-1;;;. The maximum atomic E-state index is 3.88. The van der Waals surface area contributed by atoms with Gasteiger partial charge in [0, 0.05) is 26.2 Å². The Hall–Kier alpha value is -1.66. The molecule has 0 aromatic heterocycles. The Kier molecular flexibility index (Phi) is 9.67. The third-order valence-electron chi connectivity index (χ3n) is 6.82. The van der Waals surface area contributed by atoms with Crippen molar-refractivity contribution >= 4 is 24.8 Å². The number of fused-ring (bicyclic) bond motifs is 3. The fourth-order valence-electron chi connectivity index (χ4n) is 5.10. The first kappa shape index (κ1) is 30.6. The van der Waals surface area contributed by atoms with Crippen LogP contribution < -0.4 is 0 Å². The van der Waals surface area contributed by atoms with Crippen molar-refractivity contribution in [3.63, 3.8) is 0 Å². The van der Waals surface area contributed by atoms with E-state index < -0.39 is 0 Å². The Balaban J connectivity index is 0.00000152. The molecule has 0 fully saturated rings. The molecule has 36 heavy (non-hydrogen) atoms. The monoisotopic (exact) mass is 591 g/mol. The topological polar surface area (TPSA) is 0 Å². The zero-order valence-electron chi connectivity index (χ0n) is 22.0. The van der Waals surface area contributed by atoms with Crippen molar-refractivity contribution in [1.82, 2.24) is 0 Å². The summed E-state index contributed by atoms with van der Waals surface area (Å²) in [5.74, 6) is 0. The number of benzene rings is 4. The van der Waals surface area contributed by atoms with Gasteiger partial charge in [0.25, 0.3) is 0 Å². The number of halogens is 2. The van der Waals surface area contributed by atoms with Crippen LogP contribution in [0.15, 0.2) is 78.9 Å². The predicted octanol–water partition coefficient (Wildman–Crippen LogP) is 9.83. The Morgan fingerprint density at radius 2 is 1.08 bits per heavy atom. The van der Waals surface area contributed by atoms with E-state index in [-0.39, 0.29) is 61.8 Å². The van der Waals surface area contributed by atoms with Crippen molar-refractivity contribution in [2.45, 2.75) is 58.8 Å². The molecule has 0 spiro atoms. The summed E-state index contributed by atoms with van der Waals surface area (Å²) in [6.07, 6.45) is 0.944. The molecule has 4 aromatic rings. The van der Waals surface area contributed by atoms with Crippen LogP contribution in [0.3, 0.4) is 0 Å². The largest absolute Gasteiger partial charge is 0.147 e. The van der Waals surface area contributed by atoms with E-state index >= 15 is 0 Å². The summed E-state index contributed by atoms with van der Waals surface area (Å²) in [5, 5.41) is 0.